The van der Waals surface area contributed by atoms with Crippen LogP contribution in [0.3, 0.4) is 0 Å². The number of nitrogens with one attached hydrogen (secondary N) is 1. The molecular formula is C15H25N5. The van der Waals surface area contributed by atoms with E-state index < -0.39 is 0 Å². The van der Waals surface area contributed by atoms with Crippen LogP contribution in [-0.2, 0) is 6.54 Å². The molecule has 20 heavy (non-hydrogen) atoms. The zero-order valence-electron chi connectivity index (χ0n) is 12.8. The molecule has 4 rings (SSSR count). The highest BCUT2D eigenvalue weighted by Crippen LogP contribution is 2.26. The number of aromatic nitrogens is 2. The standard InChI is InChI=1S/C15H25N5/c1-15(2,3)18-10-12-8-16-14(17-9-12)13-11-19-4-6-20(13)7-5-19/h8-9,13,18H,4-7,10-11H2,1-3H3. The summed E-state index contributed by atoms with van der Waals surface area (Å²) >= 11 is 0. The SMILES string of the molecule is CC(C)(C)NCc1cnc(C2CN3CCN2CC3)nc1. The molecule has 3 aliphatic heterocycles. The minimum atomic E-state index is 0.125. The first-order valence-electron chi connectivity index (χ1n) is 7.53. The molecule has 1 unspecified atom stereocenters. The Labute approximate surface area is 121 Å². The summed E-state index contributed by atoms with van der Waals surface area (Å²) < 4.78 is 0. The lowest BCUT2D eigenvalue weighted by atomic mass is 10.1. The lowest BCUT2D eigenvalue weighted by Gasteiger charge is -2.46. The third-order valence-corrected chi connectivity index (χ3v) is 4.12. The van der Waals surface area contributed by atoms with Crippen molar-refractivity contribution in [3.63, 3.8) is 0 Å². The van der Waals surface area contributed by atoms with E-state index in [4.69, 9.17) is 0 Å². The second-order valence-electron chi connectivity index (χ2n) is 6.91. The fourth-order valence-corrected chi connectivity index (χ4v) is 2.86. The lowest BCUT2D eigenvalue weighted by molar-refractivity contribution is 0.00861. The van der Waals surface area contributed by atoms with Crippen LogP contribution >= 0.6 is 0 Å². The molecule has 0 amide bonds. The van der Waals surface area contributed by atoms with Crippen LogP contribution in [0.2, 0.25) is 0 Å². The summed E-state index contributed by atoms with van der Waals surface area (Å²) in [5.41, 5.74) is 1.28. The molecule has 0 spiro atoms. The van der Waals surface area contributed by atoms with Crippen molar-refractivity contribution in [1.82, 2.24) is 25.1 Å². The number of fused-ring (bicyclic) bond motifs is 3. The van der Waals surface area contributed by atoms with E-state index in [0.29, 0.717) is 6.04 Å². The van der Waals surface area contributed by atoms with Gasteiger partial charge in [0.1, 0.15) is 5.82 Å². The van der Waals surface area contributed by atoms with E-state index in [1.807, 2.05) is 12.4 Å². The van der Waals surface area contributed by atoms with Gasteiger partial charge in [0.2, 0.25) is 0 Å². The Kier molecular flexibility index (Phi) is 3.75. The molecule has 5 heteroatoms. The largest absolute Gasteiger partial charge is 0.308 e. The van der Waals surface area contributed by atoms with E-state index in [9.17, 15) is 0 Å². The van der Waals surface area contributed by atoms with Gasteiger partial charge in [-0.25, -0.2) is 9.97 Å². The summed E-state index contributed by atoms with van der Waals surface area (Å²) in [7, 11) is 0. The Morgan fingerprint density at radius 1 is 1.15 bits per heavy atom. The van der Waals surface area contributed by atoms with Crippen LogP contribution in [0.4, 0.5) is 0 Å². The van der Waals surface area contributed by atoms with Crippen molar-refractivity contribution in [3.05, 3.63) is 23.8 Å². The predicted octanol–water partition coefficient (Wildman–Crippen LogP) is 1.04. The van der Waals surface area contributed by atoms with Crippen LogP contribution in [0.15, 0.2) is 12.4 Å². The molecule has 5 nitrogen and oxygen atoms in total. The molecule has 110 valence electrons. The van der Waals surface area contributed by atoms with Gasteiger partial charge in [0.05, 0.1) is 6.04 Å². The molecule has 3 saturated heterocycles. The van der Waals surface area contributed by atoms with Gasteiger partial charge in [0, 0.05) is 62.8 Å². The molecule has 1 aromatic heterocycles. The number of piperazine rings is 3. The summed E-state index contributed by atoms with van der Waals surface area (Å²) in [6.45, 7) is 13.1. The molecule has 3 fully saturated rings. The first-order chi connectivity index (χ1) is 9.51. The van der Waals surface area contributed by atoms with Gasteiger partial charge in [0.15, 0.2) is 0 Å². The normalized spacial score (nSPS) is 29.6. The number of hydrogen-bond acceptors (Lipinski definition) is 5. The molecule has 0 aliphatic carbocycles. The molecular weight excluding hydrogens is 250 g/mol. The highest BCUT2D eigenvalue weighted by atomic mass is 15.4. The van der Waals surface area contributed by atoms with Gasteiger partial charge in [-0.1, -0.05) is 0 Å². The highest BCUT2D eigenvalue weighted by Gasteiger charge is 2.34. The Morgan fingerprint density at radius 2 is 1.80 bits per heavy atom. The van der Waals surface area contributed by atoms with Crippen molar-refractivity contribution in [3.8, 4) is 0 Å². The fraction of sp³-hybridized carbons (Fsp3) is 0.733. The molecule has 2 bridgehead atoms. The van der Waals surface area contributed by atoms with Crippen molar-refractivity contribution in [2.24, 2.45) is 0 Å². The van der Waals surface area contributed by atoms with Gasteiger partial charge in [0.25, 0.3) is 0 Å². The Bertz CT molecular complexity index is 442. The van der Waals surface area contributed by atoms with Gasteiger partial charge in [-0.2, -0.15) is 0 Å². The Balaban J connectivity index is 1.64. The van der Waals surface area contributed by atoms with Crippen LogP contribution < -0.4 is 5.32 Å². The smallest absolute Gasteiger partial charge is 0.146 e. The first kappa shape index (κ1) is 13.9. The molecule has 1 aromatic rings. The van der Waals surface area contributed by atoms with Crippen molar-refractivity contribution in [1.29, 1.82) is 0 Å². The molecule has 1 atom stereocenters. The van der Waals surface area contributed by atoms with Crippen molar-refractivity contribution in [2.75, 3.05) is 32.7 Å². The van der Waals surface area contributed by atoms with Crippen molar-refractivity contribution >= 4 is 0 Å². The van der Waals surface area contributed by atoms with E-state index in [-0.39, 0.29) is 5.54 Å². The van der Waals surface area contributed by atoms with Crippen LogP contribution in [0.5, 0.6) is 0 Å². The van der Waals surface area contributed by atoms with Crippen LogP contribution in [-0.4, -0.2) is 58.0 Å². The van der Waals surface area contributed by atoms with E-state index in [1.54, 1.807) is 0 Å². The van der Waals surface area contributed by atoms with E-state index in [1.165, 1.54) is 13.1 Å². The van der Waals surface area contributed by atoms with E-state index >= 15 is 0 Å². The summed E-state index contributed by atoms with van der Waals surface area (Å²) in [5.74, 6) is 0.980. The predicted molar refractivity (Wildman–Crippen MR) is 79.4 cm³/mol. The Hall–Kier alpha value is -1.04. The molecule has 0 radical (unpaired) electrons. The van der Waals surface area contributed by atoms with Crippen molar-refractivity contribution in [2.45, 2.75) is 38.9 Å². The van der Waals surface area contributed by atoms with Crippen molar-refractivity contribution < 1.29 is 0 Å². The summed E-state index contributed by atoms with van der Waals surface area (Å²) in [6.07, 6.45) is 3.94. The maximum atomic E-state index is 4.60. The second kappa shape index (κ2) is 5.39. The monoisotopic (exact) mass is 275 g/mol. The molecule has 3 aliphatic rings. The number of hydrogen-bond donors (Lipinski definition) is 1. The Morgan fingerprint density at radius 3 is 2.30 bits per heavy atom. The topological polar surface area (TPSA) is 44.3 Å². The minimum Gasteiger partial charge on any atom is -0.308 e. The third kappa shape index (κ3) is 3.16. The van der Waals surface area contributed by atoms with E-state index in [0.717, 1.165) is 37.6 Å². The maximum absolute atomic E-state index is 4.60. The zero-order valence-corrected chi connectivity index (χ0v) is 12.8. The first-order valence-corrected chi connectivity index (χ1v) is 7.53. The molecule has 0 saturated carbocycles. The fourth-order valence-electron chi connectivity index (χ4n) is 2.86. The molecule has 4 heterocycles. The average molecular weight is 275 g/mol. The highest BCUT2D eigenvalue weighted by molar-refractivity contribution is 5.09. The van der Waals surface area contributed by atoms with Gasteiger partial charge in [-0.05, 0) is 20.8 Å². The van der Waals surface area contributed by atoms with Gasteiger partial charge >= 0.3 is 0 Å². The summed E-state index contributed by atoms with van der Waals surface area (Å²) in [4.78, 5) is 14.2. The molecule has 1 N–H and O–H groups in total. The van der Waals surface area contributed by atoms with Crippen LogP contribution in [0.25, 0.3) is 0 Å². The zero-order chi connectivity index (χ0) is 14.2. The second-order valence-corrected chi connectivity index (χ2v) is 6.91. The van der Waals surface area contributed by atoms with Gasteiger partial charge < -0.3 is 5.32 Å². The summed E-state index contributed by atoms with van der Waals surface area (Å²) in [5, 5.41) is 3.47. The minimum absolute atomic E-state index is 0.125. The van der Waals surface area contributed by atoms with Gasteiger partial charge in [-0.15, -0.1) is 0 Å². The number of nitrogens with zero attached hydrogens (tertiary/aromatic N) is 4. The third-order valence-electron chi connectivity index (χ3n) is 4.12. The summed E-state index contributed by atoms with van der Waals surface area (Å²) in [6, 6.07) is 0.391. The lowest BCUT2D eigenvalue weighted by Crippen LogP contribution is -2.57. The number of rotatable bonds is 3. The quantitative estimate of drug-likeness (QED) is 0.893. The van der Waals surface area contributed by atoms with Crippen LogP contribution in [0.1, 0.15) is 38.2 Å². The van der Waals surface area contributed by atoms with Crippen LogP contribution in [0, 0.1) is 0 Å². The maximum Gasteiger partial charge on any atom is 0.146 e. The molecule has 0 aromatic carbocycles. The van der Waals surface area contributed by atoms with E-state index in [2.05, 4.69) is 45.9 Å². The average Bonchev–Trinajstić information content (AvgIpc) is 2.46. The van der Waals surface area contributed by atoms with Gasteiger partial charge in [-0.3, -0.25) is 9.80 Å².